The Morgan fingerprint density at radius 1 is 0.913 bits per heavy atom. The van der Waals surface area contributed by atoms with E-state index in [1.165, 1.54) is 28.0 Å². The Labute approximate surface area is 431 Å². The van der Waals surface area contributed by atoms with E-state index in [1.807, 2.05) is 25.1 Å². The molecule has 8 atom stereocenters. The van der Waals surface area contributed by atoms with E-state index in [2.05, 4.69) is 97.8 Å². The van der Waals surface area contributed by atoms with Crippen molar-refractivity contribution in [3.8, 4) is 0 Å². The first-order valence-corrected chi connectivity index (χ1v) is 37.6. The molecule has 3 amide bonds. The fourth-order valence-electron chi connectivity index (χ4n) is 9.11. The number of amides is 3. The molecule has 2 aliphatic rings. The van der Waals surface area contributed by atoms with Crippen molar-refractivity contribution >= 4 is 96.1 Å². The molecular weight excluding hydrogens is 1030 g/mol. The molecule has 0 aliphatic carbocycles. The van der Waals surface area contributed by atoms with Gasteiger partial charge in [-0.05, 0) is 25.1 Å². The van der Waals surface area contributed by atoms with Gasteiger partial charge in [-0.25, -0.2) is 4.79 Å². The number of esters is 1. The zero-order valence-corrected chi connectivity index (χ0v) is 50.7. The van der Waals surface area contributed by atoms with E-state index < -0.39 is 84.5 Å². The van der Waals surface area contributed by atoms with E-state index in [0.717, 1.165) is 46.8 Å². The van der Waals surface area contributed by atoms with Gasteiger partial charge in [0.05, 0.1) is 6.61 Å². The summed E-state index contributed by atoms with van der Waals surface area (Å²) < 4.78 is 33.4. The third-order valence-corrected chi connectivity index (χ3v) is 29.7. The fraction of sp³-hybridized carbons (Fsp3) is 0.714. The molecule has 4 rings (SSSR count). The second kappa shape index (κ2) is 25.5. The van der Waals surface area contributed by atoms with Crippen molar-refractivity contribution < 1.29 is 42.2 Å². The van der Waals surface area contributed by atoms with E-state index >= 15 is 4.79 Å². The Balaban J connectivity index is 1.78. The van der Waals surface area contributed by atoms with Crippen molar-refractivity contribution in [2.24, 2.45) is 4.99 Å². The number of carbonyl (C=O) groups excluding carboxylic acids is 4. The van der Waals surface area contributed by atoms with Gasteiger partial charge in [-0.1, -0.05) is 41.5 Å². The third kappa shape index (κ3) is 14.9. The van der Waals surface area contributed by atoms with Crippen molar-refractivity contribution in [2.75, 3.05) is 19.0 Å². The van der Waals surface area contributed by atoms with Crippen LogP contribution in [0, 0.1) is 0 Å². The van der Waals surface area contributed by atoms with E-state index in [-0.39, 0.29) is 50.5 Å². The number of aliphatic imine (C=N–C) groups is 1. The molecular formula is C49H83N5O9S2SeSi3. The second-order valence-corrected chi connectivity index (χ2v) is 40.2. The van der Waals surface area contributed by atoms with E-state index in [1.54, 1.807) is 33.1 Å². The zero-order chi connectivity index (χ0) is 51.5. The number of carbonyl (C=O) groups is 4. The maximum absolute atomic E-state index is 15.0. The van der Waals surface area contributed by atoms with Crippen LogP contribution in [0.1, 0.15) is 112 Å². The summed E-state index contributed by atoms with van der Waals surface area (Å²) >= 11 is 2.64. The number of ether oxygens (including phenoxy) is 3. The van der Waals surface area contributed by atoms with Gasteiger partial charge in [0, 0.05) is 0 Å². The third-order valence-electron chi connectivity index (χ3n) is 14.0. The van der Waals surface area contributed by atoms with Crippen LogP contribution in [0.25, 0.3) is 0 Å². The van der Waals surface area contributed by atoms with Crippen molar-refractivity contribution in [1.29, 1.82) is 0 Å². The molecule has 1 saturated heterocycles. The number of aromatic nitrogens is 1. The molecule has 0 radical (unpaired) electrons. The minimum absolute atomic E-state index is 0.103. The van der Waals surface area contributed by atoms with Crippen LogP contribution in [0.3, 0.4) is 0 Å². The number of thioether (sulfide) groups is 1. The summed E-state index contributed by atoms with van der Waals surface area (Å²) in [4.78, 5) is 67.9. The molecule has 2 N–H and O–H groups in total. The summed E-state index contributed by atoms with van der Waals surface area (Å²) in [6.07, 6.45) is -1.67. The molecule has 388 valence electrons. The van der Waals surface area contributed by atoms with Crippen LogP contribution in [0.4, 0.5) is 4.79 Å². The molecule has 1 aromatic carbocycles. The topological polar surface area (TPSA) is 167 Å². The molecule has 0 bridgehead atoms. The molecule has 1 fully saturated rings. The predicted octanol–water partition coefficient (Wildman–Crippen LogP) is 9.80. The average molecular weight is 1110 g/mol. The standard InChI is InChI=1S/C49H83N5O9S2SeSi3/c1-17-59-46(57)38-32-65-45(51-38)41(49(13,63-69(21-5,22-6)23-7)35(10)62-68(18-2,19-3)20-4)53-42(55)37-31-64-44(50-37)39(34(9)66-36-27-25-24-26-28-36)52-43(56)40-33(8)61-48(11,12)54(40)47(58)60-29-30-67(14,15)16/h24-28,32-35,37,39-41H,17-23,29-31H2,1-16H3,(H,52,56)(H,53,55)/t33-,34+,35-,37?,39+,40+,41-,49-/m1/s1. The van der Waals surface area contributed by atoms with Crippen molar-refractivity contribution in [3.63, 3.8) is 0 Å². The summed E-state index contributed by atoms with van der Waals surface area (Å²) in [5.41, 5.74) is -2.02. The first-order chi connectivity index (χ1) is 32.4. The molecule has 20 heteroatoms. The van der Waals surface area contributed by atoms with Crippen LogP contribution in [0.5, 0.6) is 0 Å². The van der Waals surface area contributed by atoms with Gasteiger partial charge in [0.25, 0.3) is 0 Å². The van der Waals surface area contributed by atoms with E-state index in [0.29, 0.717) is 15.8 Å². The first-order valence-electron chi connectivity index (χ1n) is 25.1. The number of nitrogens with zero attached hydrogens (tertiary/aromatic N) is 3. The van der Waals surface area contributed by atoms with Gasteiger partial charge in [0.1, 0.15) is 0 Å². The molecule has 1 aromatic heterocycles. The number of hydrogen-bond donors (Lipinski definition) is 2. The van der Waals surface area contributed by atoms with Crippen LogP contribution in [-0.2, 0) is 32.7 Å². The number of benzene rings is 1. The van der Waals surface area contributed by atoms with Gasteiger partial charge in [-0.15, -0.1) is 0 Å². The van der Waals surface area contributed by atoms with Crippen LogP contribution < -0.4 is 15.1 Å². The Kier molecular flexibility index (Phi) is 21.9. The molecule has 2 aliphatic heterocycles. The fourth-order valence-corrected chi connectivity index (χ4v) is 20.6. The van der Waals surface area contributed by atoms with Gasteiger partial charge in [-0.2, -0.15) is 0 Å². The molecule has 2 aromatic rings. The molecule has 14 nitrogen and oxygen atoms in total. The SMILES string of the molecule is CCOC(=O)c1csc([C@@H](NC(=O)C2CSC([C@@H](NC(=O)[C@@H]3[C@@H](C)OC(C)(C)N3C(=O)OCC[Si](C)(C)C)[C@H](C)[Se]c3ccccc3)=N2)[C@](C)(O[Si](CC)(CC)CC)[C@@H](C)O[Si](CC)(CC)CC)n1. The summed E-state index contributed by atoms with van der Waals surface area (Å²) in [5, 5.41) is 9.55. The molecule has 1 unspecified atom stereocenters. The van der Waals surface area contributed by atoms with Gasteiger partial charge < -0.3 is 4.74 Å². The molecule has 69 heavy (non-hydrogen) atoms. The number of hydrogen-bond acceptors (Lipinski definition) is 13. The summed E-state index contributed by atoms with van der Waals surface area (Å²) in [6.45, 7) is 33.6. The van der Waals surface area contributed by atoms with Crippen LogP contribution in [0.15, 0.2) is 40.7 Å². The van der Waals surface area contributed by atoms with Gasteiger partial charge in [0.2, 0.25) is 0 Å². The second-order valence-electron chi connectivity index (χ2n) is 20.2. The van der Waals surface area contributed by atoms with Gasteiger partial charge in [-0.3, -0.25) is 0 Å². The Morgan fingerprint density at radius 2 is 1.52 bits per heavy atom. The monoisotopic (exact) mass is 1110 g/mol. The summed E-state index contributed by atoms with van der Waals surface area (Å²) in [6, 6.07) is 13.2. The Bertz CT molecular complexity index is 2040. The number of thiazole rings is 1. The van der Waals surface area contributed by atoms with Crippen molar-refractivity contribution in [1.82, 2.24) is 20.5 Å². The quantitative estimate of drug-likeness (QED) is 0.0680. The summed E-state index contributed by atoms with van der Waals surface area (Å²) in [7, 11) is -6.12. The number of nitrogens with one attached hydrogen (secondary N) is 2. The molecule has 0 spiro atoms. The summed E-state index contributed by atoms with van der Waals surface area (Å²) in [5.74, 6) is -0.897. The normalized spacial score (nSPS) is 21.1. The van der Waals surface area contributed by atoms with E-state index in [9.17, 15) is 14.4 Å². The minimum atomic E-state index is -2.41. The van der Waals surface area contributed by atoms with Crippen LogP contribution in [-0.4, -0.2) is 139 Å². The average Bonchev–Trinajstić information content (AvgIpc) is 4.06. The van der Waals surface area contributed by atoms with E-state index in [4.69, 9.17) is 33.0 Å². The Hall–Kier alpha value is -2.40. The first kappa shape index (κ1) is 59.2. The van der Waals surface area contributed by atoms with Gasteiger partial charge in [0.15, 0.2) is 0 Å². The predicted molar refractivity (Wildman–Crippen MR) is 290 cm³/mol. The number of rotatable bonds is 26. The van der Waals surface area contributed by atoms with Gasteiger partial charge >= 0.3 is 351 Å². The maximum atomic E-state index is 15.0. The van der Waals surface area contributed by atoms with Crippen molar-refractivity contribution in [3.05, 3.63) is 46.4 Å². The van der Waals surface area contributed by atoms with Crippen LogP contribution >= 0.6 is 23.1 Å². The zero-order valence-electron chi connectivity index (χ0n) is 44.3. The molecule has 3 heterocycles. The molecule has 0 saturated carbocycles. The Morgan fingerprint density at radius 3 is 2.09 bits per heavy atom. The van der Waals surface area contributed by atoms with Crippen molar-refractivity contribution in [2.45, 2.75) is 204 Å². The van der Waals surface area contributed by atoms with Crippen LogP contribution in [0.2, 0.25) is 66.8 Å².